The third-order valence-corrected chi connectivity index (χ3v) is 3.79. The summed E-state index contributed by atoms with van der Waals surface area (Å²) in [7, 11) is 1.58. The molecule has 1 amide bonds. The van der Waals surface area contributed by atoms with Crippen molar-refractivity contribution in [1.29, 1.82) is 0 Å². The number of rotatable bonds is 6. The standard InChI is InChI=1S/C16H16Cl2N2O2/c1-22-12-5-2-4-11(10-12)20-15(21)8-9-19-14-7-3-6-13(17)16(14)18/h2-7,10,19H,8-9H2,1H3,(H,20,21). The highest BCUT2D eigenvalue weighted by Crippen LogP contribution is 2.29. The molecule has 22 heavy (non-hydrogen) atoms. The van der Waals surface area contributed by atoms with Gasteiger partial charge in [0.1, 0.15) is 5.75 Å². The topological polar surface area (TPSA) is 50.4 Å². The molecule has 0 aliphatic rings. The van der Waals surface area contributed by atoms with Crippen LogP contribution in [0.15, 0.2) is 42.5 Å². The van der Waals surface area contributed by atoms with Crippen LogP contribution in [0.5, 0.6) is 5.75 Å². The fourth-order valence-corrected chi connectivity index (χ4v) is 2.24. The van der Waals surface area contributed by atoms with Gasteiger partial charge in [-0.2, -0.15) is 0 Å². The van der Waals surface area contributed by atoms with Crippen molar-refractivity contribution in [3.63, 3.8) is 0 Å². The minimum atomic E-state index is -0.0982. The summed E-state index contributed by atoms with van der Waals surface area (Å²) in [5.41, 5.74) is 1.41. The number of halogens is 2. The molecule has 6 heteroatoms. The van der Waals surface area contributed by atoms with Gasteiger partial charge in [-0.05, 0) is 24.3 Å². The smallest absolute Gasteiger partial charge is 0.226 e. The molecule has 0 bridgehead atoms. The lowest BCUT2D eigenvalue weighted by molar-refractivity contribution is -0.115. The van der Waals surface area contributed by atoms with E-state index in [1.807, 2.05) is 24.3 Å². The Bertz CT molecular complexity index is 662. The van der Waals surface area contributed by atoms with Crippen LogP contribution >= 0.6 is 23.2 Å². The van der Waals surface area contributed by atoms with Gasteiger partial charge in [0.2, 0.25) is 5.91 Å². The predicted octanol–water partition coefficient (Wildman–Crippen LogP) is 4.44. The Hall–Kier alpha value is -1.91. The number of nitrogens with one attached hydrogen (secondary N) is 2. The summed E-state index contributed by atoms with van der Waals surface area (Å²) in [6.07, 6.45) is 0.306. The molecular weight excluding hydrogens is 323 g/mol. The Balaban J connectivity index is 1.84. The van der Waals surface area contributed by atoms with Crippen molar-refractivity contribution >= 4 is 40.5 Å². The molecule has 116 valence electrons. The number of hydrogen-bond acceptors (Lipinski definition) is 3. The average molecular weight is 339 g/mol. The molecule has 2 N–H and O–H groups in total. The lowest BCUT2D eigenvalue weighted by atomic mass is 10.2. The molecule has 0 fully saturated rings. The molecule has 2 aromatic carbocycles. The van der Waals surface area contributed by atoms with Gasteiger partial charge in [-0.25, -0.2) is 0 Å². The van der Waals surface area contributed by atoms with Crippen LogP contribution in [0.3, 0.4) is 0 Å². The fraction of sp³-hybridized carbons (Fsp3) is 0.188. The van der Waals surface area contributed by atoms with E-state index < -0.39 is 0 Å². The van der Waals surface area contributed by atoms with E-state index in [4.69, 9.17) is 27.9 Å². The zero-order valence-corrected chi connectivity index (χ0v) is 13.5. The highest BCUT2D eigenvalue weighted by Gasteiger charge is 2.06. The van der Waals surface area contributed by atoms with Gasteiger partial charge in [-0.3, -0.25) is 4.79 Å². The highest BCUT2D eigenvalue weighted by molar-refractivity contribution is 6.43. The zero-order chi connectivity index (χ0) is 15.9. The minimum Gasteiger partial charge on any atom is -0.497 e. The van der Waals surface area contributed by atoms with E-state index in [1.54, 1.807) is 25.3 Å². The summed E-state index contributed by atoms with van der Waals surface area (Å²) in [4.78, 5) is 11.9. The van der Waals surface area contributed by atoms with Crippen LogP contribution in [0.25, 0.3) is 0 Å². The van der Waals surface area contributed by atoms with Gasteiger partial charge < -0.3 is 15.4 Å². The first-order valence-electron chi connectivity index (χ1n) is 6.72. The molecule has 2 aromatic rings. The monoisotopic (exact) mass is 338 g/mol. The van der Waals surface area contributed by atoms with E-state index in [1.165, 1.54) is 0 Å². The first kappa shape index (κ1) is 16.5. The number of carbonyl (C=O) groups is 1. The molecule has 0 aromatic heterocycles. The molecule has 0 spiro atoms. The van der Waals surface area contributed by atoms with Crippen LogP contribution in [0.2, 0.25) is 10.0 Å². The molecule has 0 heterocycles. The summed E-state index contributed by atoms with van der Waals surface area (Å²) in [5.74, 6) is 0.598. The summed E-state index contributed by atoms with van der Waals surface area (Å²) in [6, 6.07) is 12.5. The van der Waals surface area contributed by atoms with Gasteiger partial charge in [0.05, 0.1) is 22.8 Å². The van der Waals surface area contributed by atoms with E-state index in [-0.39, 0.29) is 5.91 Å². The molecule has 0 saturated carbocycles. The largest absolute Gasteiger partial charge is 0.497 e. The van der Waals surface area contributed by atoms with Gasteiger partial charge >= 0.3 is 0 Å². The summed E-state index contributed by atoms with van der Waals surface area (Å²) < 4.78 is 5.11. The third kappa shape index (κ3) is 4.55. The van der Waals surface area contributed by atoms with Crippen molar-refractivity contribution in [3.05, 3.63) is 52.5 Å². The predicted molar refractivity (Wildman–Crippen MR) is 91.2 cm³/mol. The Kier molecular flexibility index (Phi) is 5.92. The van der Waals surface area contributed by atoms with E-state index in [0.717, 1.165) is 0 Å². The van der Waals surface area contributed by atoms with Gasteiger partial charge in [0, 0.05) is 24.7 Å². The van der Waals surface area contributed by atoms with Gasteiger partial charge in [-0.1, -0.05) is 35.3 Å². The Morgan fingerprint density at radius 1 is 1.18 bits per heavy atom. The fourth-order valence-electron chi connectivity index (χ4n) is 1.88. The lowest BCUT2D eigenvalue weighted by Gasteiger charge is -2.10. The van der Waals surface area contributed by atoms with Crippen LogP contribution in [-0.4, -0.2) is 19.6 Å². The first-order valence-corrected chi connectivity index (χ1v) is 7.47. The number of anilines is 2. The van der Waals surface area contributed by atoms with Crippen molar-refractivity contribution in [2.24, 2.45) is 0 Å². The maximum absolute atomic E-state index is 11.9. The molecule has 0 saturated heterocycles. The summed E-state index contributed by atoms with van der Waals surface area (Å²) in [6.45, 7) is 0.454. The quantitative estimate of drug-likeness (QED) is 0.818. The van der Waals surface area contributed by atoms with Crippen molar-refractivity contribution < 1.29 is 9.53 Å². The number of ether oxygens (including phenoxy) is 1. The maximum Gasteiger partial charge on any atom is 0.226 e. The van der Waals surface area contributed by atoms with Crippen molar-refractivity contribution in [3.8, 4) is 5.75 Å². The maximum atomic E-state index is 11.9. The molecule has 0 unspecified atom stereocenters. The second-order valence-corrected chi connectivity index (χ2v) is 5.34. The van der Waals surface area contributed by atoms with Crippen LogP contribution in [-0.2, 0) is 4.79 Å². The molecule has 0 aliphatic heterocycles. The molecular formula is C16H16Cl2N2O2. The normalized spacial score (nSPS) is 10.1. The summed E-state index contributed by atoms with van der Waals surface area (Å²) >= 11 is 12.0. The Morgan fingerprint density at radius 3 is 2.73 bits per heavy atom. The van der Waals surface area contributed by atoms with Gasteiger partial charge in [0.15, 0.2) is 0 Å². The van der Waals surface area contributed by atoms with E-state index >= 15 is 0 Å². The minimum absolute atomic E-state index is 0.0982. The number of benzene rings is 2. The summed E-state index contributed by atoms with van der Waals surface area (Å²) in [5, 5.41) is 6.84. The van der Waals surface area contributed by atoms with Crippen molar-refractivity contribution in [2.45, 2.75) is 6.42 Å². The van der Waals surface area contributed by atoms with E-state index in [2.05, 4.69) is 10.6 Å². The Labute approximate surface area is 139 Å². The van der Waals surface area contributed by atoms with E-state index in [9.17, 15) is 4.79 Å². The third-order valence-electron chi connectivity index (χ3n) is 2.97. The van der Waals surface area contributed by atoms with Crippen molar-refractivity contribution in [2.75, 3.05) is 24.3 Å². The molecule has 0 radical (unpaired) electrons. The van der Waals surface area contributed by atoms with Crippen LogP contribution < -0.4 is 15.4 Å². The van der Waals surface area contributed by atoms with Crippen LogP contribution in [0, 0.1) is 0 Å². The van der Waals surface area contributed by atoms with Gasteiger partial charge in [-0.15, -0.1) is 0 Å². The number of hydrogen-bond donors (Lipinski definition) is 2. The zero-order valence-electron chi connectivity index (χ0n) is 12.0. The highest BCUT2D eigenvalue weighted by atomic mass is 35.5. The lowest BCUT2D eigenvalue weighted by Crippen LogP contribution is -2.16. The molecule has 0 atom stereocenters. The Morgan fingerprint density at radius 2 is 1.95 bits per heavy atom. The molecule has 2 rings (SSSR count). The number of carbonyl (C=O) groups excluding carboxylic acids is 1. The van der Waals surface area contributed by atoms with Crippen LogP contribution in [0.1, 0.15) is 6.42 Å². The second kappa shape index (κ2) is 7.92. The second-order valence-electron chi connectivity index (χ2n) is 4.56. The van der Waals surface area contributed by atoms with Gasteiger partial charge in [0.25, 0.3) is 0 Å². The SMILES string of the molecule is COc1cccc(NC(=O)CCNc2cccc(Cl)c2Cl)c1. The molecule has 0 aliphatic carbocycles. The van der Waals surface area contributed by atoms with E-state index in [0.29, 0.717) is 40.1 Å². The average Bonchev–Trinajstić information content (AvgIpc) is 2.51. The first-order chi connectivity index (χ1) is 10.6. The van der Waals surface area contributed by atoms with Crippen LogP contribution in [0.4, 0.5) is 11.4 Å². The van der Waals surface area contributed by atoms with Crippen molar-refractivity contribution in [1.82, 2.24) is 0 Å². The number of amides is 1. The number of methoxy groups -OCH3 is 1. The molecule has 4 nitrogen and oxygen atoms in total.